The molecule has 27 heavy (non-hydrogen) atoms. The summed E-state index contributed by atoms with van der Waals surface area (Å²) in [6.07, 6.45) is 11.0. The minimum Gasteiger partial charge on any atom is -0.494 e. The fourth-order valence-electron chi connectivity index (χ4n) is 3.80. The largest absolute Gasteiger partial charge is 0.494 e. The van der Waals surface area contributed by atoms with E-state index < -0.39 is 0 Å². The Labute approximate surface area is 161 Å². The van der Waals surface area contributed by atoms with Gasteiger partial charge >= 0.3 is 0 Å². The molecule has 0 aliphatic carbocycles. The molecule has 0 bridgehead atoms. The van der Waals surface area contributed by atoms with Gasteiger partial charge in [0, 0.05) is 29.8 Å². The second-order valence-corrected chi connectivity index (χ2v) is 7.33. The van der Waals surface area contributed by atoms with E-state index >= 15 is 0 Å². The highest BCUT2D eigenvalue weighted by molar-refractivity contribution is 5.61. The highest BCUT2D eigenvalue weighted by Crippen LogP contribution is 2.23. The van der Waals surface area contributed by atoms with Gasteiger partial charge in [-0.1, -0.05) is 6.42 Å². The maximum absolute atomic E-state index is 5.94. The molecule has 1 fully saturated rings. The predicted molar refractivity (Wildman–Crippen MR) is 108 cm³/mol. The second-order valence-electron chi connectivity index (χ2n) is 7.33. The van der Waals surface area contributed by atoms with Gasteiger partial charge < -0.3 is 14.5 Å². The molecule has 2 aliphatic rings. The molecule has 5 heteroatoms. The number of nitrogens with zero attached hydrogens (tertiary/aromatic N) is 4. The monoisotopic (exact) mass is 364 g/mol. The van der Waals surface area contributed by atoms with E-state index in [0.717, 1.165) is 41.6 Å². The Morgan fingerprint density at radius 2 is 1.89 bits per heavy atom. The lowest BCUT2D eigenvalue weighted by Crippen LogP contribution is -2.40. The summed E-state index contributed by atoms with van der Waals surface area (Å²) in [7, 11) is 0. The van der Waals surface area contributed by atoms with Crippen LogP contribution in [-0.4, -0.2) is 42.3 Å². The maximum Gasteiger partial charge on any atom is 0.122 e. The molecule has 2 aromatic rings. The summed E-state index contributed by atoms with van der Waals surface area (Å²) in [5, 5.41) is 2.05. The zero-order valence-electron chi connectivity index (χ0n) is 16.1. The summed E-state index contributed by atoms with van der Waals surface area (Å²) in [5.41, 5.74) is 1.12. The number of likely N-dealkylation sites (tertiary alicyclic amines) is 1. The number of rotatable bonds is 6. The topological polar surface area (TPSA) is 41.0 Å². The van der Waals surface area contributed by atoms with Crippen molar-refractivity contribution in [1.29, 1.82) is 0 Å². The van der Waals surface area contributed by atoms with Crippen molar-refractivity contribution < 1.29 is 4.74 Å². The lowest BCUT2D eigenvalue weighted by molar-refractivity contribution is 0.205. The Morgan fingerprint density at radius 3 is 2.70 bits per heavy atom. The Hall–Kier alpha value is -2.40. The summed E-state index contributed by atoms with van der Waals surface area (Å²) < 4.78 is 5.94. The predicted octanol–water partition coefficient (Wildman–Crippen LogP) is 2.56. The lowest BCUT2D eigenvalue weighted by atomic mass is 10.1. The van der Waals surface area contributed by atoms with E-state index in [1.165, 1.54) is 32.4 Å². The van der Waals surface area contributed by atoms with Gasteiger partial charge in [0.2, 0.25) is 0 Å². The number of anilines is 1. The van der Waals surface area contributed by atoms with Crippen LogP contribution in [0.1, 0.15) is 32.6 Å². The Kier molecular flexibility index (Phi) is 5.68. The molecule has 0 N–H and O–H groups in total. The van der Waals surface area contributed by atoms with Gasteiger partial charge in [-0.05, 0) is 69.6 Å². The minimum atomic E-state index is 0.0537. The Morgan fingerprint density at radius 1 is 1.07 bits per heavy atom. The van der Waals surface area contributed by atoms with Crippen molar-refractivity contribution in [2.75, 3.05) is 31.1 Å². The number of hydrogen-bond acceptors (Lipinski definition) is 5. The van der Waals surface area contributed by atoms with Crippen LogP contribution in [0.15, 0.2) is 47.7 Å². The first-order valence-corrected chi connectivity index (χ1v) is 10.0. The summed E-state index contributed by atoms with van der Waals surface area (Å²) in [6, 6.07) is 10.3. The number of benzene rings is 1. The van der Waals surface area contributed by atoms with Gasteiger partial charge in [-0.2, -0.15) is 0 Å². The van der Waals surface area contributed by atoms with Crippen LogP contribution < -0.4 is 20.2 Å². The van der Waals surface area contributed by atoms with Gasteiger partial charge in [0.25, 0.3) is 0 Å². The van der Waals surface area contributed by atoms with Crippen LogP contribution in [0, 0.1) is 0 Å². The Balaban J connectivity index is 1.33. The van der Waals surface area contributed by atoms with Crippen LogP contribution in [0.2, 0.25) is 0 Å². The van der Waals surface area contributed by atoms with E-state index in [1.807, 2.05) is 12.3 Å². The summed E-state index contributed by atoms with van der Waals surface area (Å²) in [6.45, 7) is 6.52. The summed E-state index contributed by atoms with van der Waals surface area (Å²) in [5.74, 6) is 0.934. The minimum absolute atomic E-state index is 0.0537. The number of pyridine rings is 1. The zero-order chi connectivity index (χ0) is 18.5. The molecular weight excluding hydrogens is 336 g/mol. The van der Waals surface area contributed by atoms with E-state index in [-0.39, 0.29) is 6.17 Å². The van der Waals surface area contributed by atoms with Crippen LogP contribution in [0.25, 0.3) is 6.20 Å². The molecule has 1 saturated heterocycles. The first-order valence-electron chi connectivity index (χ1n) is 10.0. The molecule has 0 saturated carbocycles. The van der Waals surface area contributed by atoms with Crippen LogP contribution in [-0.2, 0) is 0 Å². The van der Waals surface area contributed by atoms with Gasteiger partial charge in [-0.3, -0.25) is 9.98 Å². The van der Waals surface area contributed by atoms with E-state index in [2.05, 4.69) is 52.2 Å². The third kappa shape index (κ3) is 4.48. The van der Waals surface area contributed by atoms with Crippen molar-refractivity contribution in [3.63, 3.8) is 0 Å². The van der Waals surface area contributed by atoms with E-state index in [9.17, 15) is 0 Å². The van der Waals surface area contributed by atoms with Gasteiger partial charge in [0.15, 0.2) is 0 Å². The molecule has 0 amide bonds. The number of fused-ring (bicyclic) bond motifs is 1. The van der Waals surface area contributed by atoms with E-state index in [0.29, 0.717) is 0 Å². The first kappa shape index (κ1) is 18.0. The molecule has 5 nitrogen and oxygen atoms in total. The third-order valence-electron chi connectivity index (χ3n) is 5.31. The van der Waals surface area contributed by atoms with Crippen molar-refractivity contribution >= 4 is 11.9 Å². The van der Waals surface area contributed by atoms with Crippen molar-refractivity contribution in [2.24, 2.45) is 4.99 Å². The van der Waals surface area contributed by atoms with Crippen molar-refractivity contribution in [1.82, 2.24) is 9.88 Å². The van der Waals surface area contributed by atoms with Gasteiger partial charge in [0.1, 0.15) is 11.9 Å². The lowest BCUT2D eigenvalue weighted by Gasteiger charge is -2.27. The standard InChI is InChI=1S/C22H28N4O/c1-18-24-22-16-23-11-10-19(22)17-26(18)20-6-8-21(9-7-20)27-15-5-14-25-12-3-2-4-13-25/h6-11,16-18H,2-5,12-15H2,1H3. The molecule has 142 valence electrons. The SMILES string of the molecule is CC1N=c2cnccc2=CN1c1ccc(OCCCN2CCCCC2)cc1. The summed E-state index contributed by atoms with van der Waals surface area (Å²) in [4.78, 5) is 13.6. The molecule has 4 rings (SSSR count). The van der Waals surface area contributed by atoms with E-state index in [4.69, 9.17) is 9.73 Å². The quantitative estimate of drug-likeness (QED) is 0.739. The number of hydrogen-bond donors (Lipinski definition) is 0. The van der Waals surface area contributed by atoms with Gasteiger partial charge in [0.05, 0.1) is 18.2 Å². The van der Waals surface area contributed by atoms with Gasteiger partial charge in [-0.25, -0.2) is 0 Å². The van der Waals surface area contributed by atoms with Gasteiger partial charge in [-0.15, -0.1) is 0 Å². The number of aromatic nitrogens is 1. The normalized spacial score (nSPS) is 19.7. The smallest absolute Gasteiger partial charge is 0.122 e. The zero-order valence-corrected chi connectivity index (χ0v) is 16.1. The highest BCUT2D eigenvalue weighted by Gasteiger charge is 2.14. The van der Waals surface area contributed by atoms with Crippen LogP contribution in [0.3, 0.4) is 0 Å². The molecule has 1 aromatic carbocycles. The van der Waals surface area contributed by atoms with Crippen molar-refractivity contribution in [2.45, 2.75) is 38.8 Å². The fourth-order valence-corrected chi connectivity index (χ4v) is 3.80. The first-order chi connectivity index (χ1) is 13.3. The highest BCUT2D eigenvalue weighted by atomic mass is 16.5. The second kappa shape index (κ2) is 8.53. The fraction of sp³-hybridized carbons (Fsp3) is 0.455. The molecule has 3 heterocycles. The molecule has 2 aliphatic heterocycles. The molecule has 1 aromatic heterocycles. The van der Waals surface area contributed by atoms with Crippen LogP contribution in [0.5, 0.6) is 5.75 Å². The molecule has 1 unspecified atom stereocenters. The third-order valence-corrected chi connectivity index (χ3v) is 5.31. The summed E-state index contributed by atoms with van der Waals surface area (Å²) >= 11 is 0. The van der Waals surface area contributed by atoms with Crippen LogP contribution >= 0.6 is 0 Å². The molecular formula is C22H28N4O. The van der Waals surface area contributed by atoms with Crippen LogP contribution in [0.4, 0.5) is 5.69 Å². The molecule has 0 spiro atoms. The number of piperidine rings is 1. The Bertz CT molecular complexity index is 859. The van der Waals surface area contributed by atoms with Crippen molar-refractivity contribution in [3.8, 4) is 5.75 Å². The molecule has 1 atom stereocenters. The number of ether oxygens (including phenoxy) is 1. The average Bonchev–Trinajstić information content (AvgIpc) is 2.72. The average molecular weight is 364 g/mol. The maximum atomic E-state index is 5.94. The van der Waals surface area contributed by atoms with E-state index in [1.54, 1.807) is 6.20 Å². The molecule has 0 radical (unpaired) electrons. The van der Waals surface area contributed by atoms with Crippen molar-refractivity contribution in [3.05, 3.63) is 53.3 Å².